The molecule has 0 bridgehead atoms. The molecule has 1 aromatic heterocycles. The summed E-state index contributed by atoms with van der Waals surface area (Å²) in [6.45, 7) is 1.32. The Labute approximate surface area is 227 Å². The molecular weight excluding hydrogens is 509 g/mol. The van der Waals surface area contributed by atoms with Crippen LogP contribution in [0.4, 0.5) is 0 Å². The number of para-hydroxylation sites is 2. The zero-order valence-electron chi connectivity index (χ0n) is 21.1. The van der Waals surface area contributed by atoms with E-state index in [0.717, 1.165) is 53.7 Å². The van der Waals surface area contributed by atoms with Gasteiger partial charge in [0.2, 0.25) is 5.91 Å². The van der Waals surface area contributed by atoms with Crippen LogP contribution >= 0.6 is 23.2 Å². The van der Waals surface area contributed by atoms with Crippen molar-refractivity contribution in [2.24, 2.45) is 0 Å². The van der Waals surface area contributed by atoms with E-state index < -0.39 is 0 Å². The fraction of sp³-hybridized carbons (Fsp3) is 0.310. The van der Waals surface area contributed by atoms with E-state index in [0.29, 0.717) is 41.1 Å². The normalized spacial score (nSPS) is 11.0. The number of benzene rings is 3. The molecule has 194 valence electrons. The van der Waals surface area contributed by atoms with Gasteiger partial charge < -0.3 is 19.4 Å². The Balaban J connectivity index is 1.27. The van der Waals surface area contributed by atoms with Crippen molar-refractivity contribution in [2.45, 2.75) is 38.6 Å². The first kappa shape index (κ1) is 26.8. The largest absolute Gasteiger partial charge is 0.493 e. The van der Waals surface area contributed by atoms with Crippen LogP contribution in [-0.4, -0.2) is 36.2 Å². The average molecular weight is 540 g/mol. The van der Waals surface area contributed by atoms with Crippen LogP contribution < -0.4 is 14.8 Å². The molecular formula is C29H31Cl2N3O3. The summed E-state index contributed by atoms with van der Waals surface area (Å²) in [4.78, 5) is 17.3. The van der Waals surface area contributed by atoms with Crippen LogP contribution in [0, 0.1) is 0 Å². The number of hydrogen-bond acceptors (Lipinski definition) is 4. The van der Waals surface area contributed by atoms with Gasteiger partial charge in [0, 0.05) is 19.5 Å². The van der Waals surface area contributed by atoms with Crippen LogP contribution in [0.25, 0.3) is 11.0 Å². The van der Waals surface area contributed by atoms with Gasteiger partial charge >= 0.3 is 0 Å². The Kier molecular flexibility index (Phi) is 9.31. The predicted molar refractivity (Wildman–Crippen MR) is 149 cm³/mol. The molecule has 37 heavy (non-hydrogen) atoms. The number of hydrogen-bond donors (Lipinski definition) is 1. The van der Waals surface area contributed by atoms with E-state index in [-0.39, 0.29) is 5.91 Å². The van der Waals surface area contributed by atoms with Gasteiger partial charge in [0.25, 0.3) is 0 Å². The topological polar surface area (TPSA) is 65.4 Å². The molecule has 1 heterocycles. The zero-order chi connectivity index (χ0) is 26.2. The third-order valence-corrected chi connectivity index (χ3v) is 7.01. The van der Waals surface area contributed by atoms with Crippen LogP contribution in [-0.2, 0) is 24.2 Å². The van der Waals surface area contributed by atoms with Crippen molar-refractivity contribution in [3.05, 3.63) is 87.7 Å². The summed E-state index contributed by atoms with van der Waals surface area (Å²) in [6, 6.07) is 19.4. The van der Waals surface area contributed by atoms with E-state index in [1.54, 1.807) is 14.2 Å². The lowest BCUT2D eigenvalue weighted by molar-refractivity contribution is -0.120. The standard InChI is InChI=1S/C29H31Cl2N3O3/c1-36-26-14-12-20(17-27(26)37-2)18-29(35)32-15-7-3-4-10-28-33-24-8-5-6-9-25(24)34(28)19-21-11-13-22(30)23(31)16-21/h5-6,8-9,11-14,16-17H,3-4,7,10,15,18-19H2,1-2H3,(H,32,35). The monoisotopic (exact) mass is 539 g/mol. The second-order valence-electron chi connectivity index (χ2n) is 8.88. The molecule has 0 saturated carbocycles. The van der Waals surface area contributed by atoms with Crippen LogP contribution in [0.2, 0.25) is 10.0 Å². The fourth-order valence-electron chi connectivity index (χ4n) is 4.36. The van der Waals surface area contributed by atoms with Crippen molar-refractivity contribution in [3.8, 4) is 11.5 Å². The van der Waals surface area contributed by atoms with Crippen molar-refractivity contribution in [2.75, 3.05) is 20.8 Å². The fourth-order valence-corrected chi connectivity index (χ4v) is 4.69. The lowest BCUT2D eigenvalue weighted by Gasteiger charge is -2.11. The molecule has 0 fully saturated rings. The van der Waals surface area contributed by atoms with Gasteiger partial charge in [-0.15, -0.1) is 0 Å². The summed E-state index contributed by atoms with van der Waals surface area (Å²) in [7, 11) is 3.18. The smallest absolute Gasteiger partial charge is 0.224 e. The molecule has 1 N–H and O–H groups in total. The van der Waals surface area contributed by atoms with Gasteiger partial charge in [0.15, 0.2) is 11.5 Å². The molecule has 6 nitrogen and oxygen atoms in total. The molecule has 4 aromatic rings. The van der Waals surface area contributed by atoms with Crippen molar-refractivity contribution >= 4 is 40.1 Å². The summed E-state index contributed by atoms with van der Waals surface area (Å²) < 4.78 is 12.8. The number of imidazole rings is 1. The molecule has 0 radical (unpaired) electrons. The number of carbonyl (C=O) groups excluding carboxylic acids is 1. The van der Waals surface area contributed by atoms with Crippen molar-refractivity contribution in [1.82, 2.24) is 14.9 Å². The SMILES string of the molecule is COc1ccc(CC(=O)NCCCCCc2nc3ccccc3n2Cc2ccc(Cl)c(Cl)c2)cc1OC. The molecule has 8 heteroatoms. The molecule has 0 saturated heterocycles. The number of ether oxygens (including phenoxy) is 2. The molecule has 0 unspecified atom stereocenters. The highest BCUT2D eigenvalue weighted by Gasteiger charge is 2.12. The van der Waals surface area contributed by atoms with Gasteiger partial charge in [-0.05, 0) is 60.4 Å². The maximum atomic E-state index is 12.4. The Hall–Kier alpha value is -3.22. The number of rotatable bonds is 12. The van der Waals surface area contributed by atoms with Crippen LogP contribution in [0.1, 0.15) is 36.2 Å². The summed E-state index contributed by atoms with van der Waals surface area (Å²) in [5.74, 6) is 2.32. The van der Waals surface area contributed by atoms with Crippen molar-refractivity contribution in [3.63, 3.8) is 0 Å². The molecule has 0 aliphatic carbocycles. The molecule has 0 spiro atoms. The van der Waals surface area contributed by atoms with Gasteiger partial charge in [0.05, 0.1) is 41.7 Å². The first-order valence-electron chi connectivity index (χ1n) is 12.3. The average Bonchev–Trinajstić information content (AvgIpc) is 3.25. The number of amides is 1. The van der Waals surface area contributed by atoms with Gasteiger partial charge in [-0.25, -0.2) is 4.98 Å². The zero-order valence-corrected chi connectivity index (χ0v) is 22.6. The van der Waals surface area contributed by atoms with Gasteiger partial charge in [0.1, 0.15) is 5.82 Å². The number of aryl methyl sites for hydroxylation is 1. The quantitative estimate of drug-likeness (QED) is 0.209. The van der Waals surface area contributed by atoms with E-state index >= 15 is 0 Å². The Morgan fingerprint density at radius 3 is 2.46 bits per heavy atom. The molecule has 1 amide bonds. The number of aromatic nitrogens is 2. The van der Waals surface area contributed by atoms with Crippen LogP contribution in [0.3, 0.4) is 0 Å². The van der Waals surface area contributed by atoms with Gasteiger partial charge in [-0.2, -0.15) is 0 Å². The molecule has 0 aliphatic rings. The Bertz CT molecular complexity index is 1370. The Morgan fingerprint density at radius 2 is 1.68 bits per heavy atom. The lowest BCUT2D eigenvalue weighted by Crippen LogP contribution is -2.26. The summed E-state index contributed by atoms with van der Waals surface area (Å²) in [5.41, 5.74) is 4.05. The van der Waals surface area contributed by atoms with Gasteiger partial charge in [-0.3, -0.25) is 4.79 Å². The third-order valence-electron chi connectivity index (χ3n) is 6.27. The molecule has 0 atom stereocenters. The van der Waals surface area contributed by atoms with Crippen LogP contribution in [0.15, 0.2) is 60.7 Å². The molecule has 3 aromatic carbocycles. The summed E-state index contributed by atoms with van der Waals surface area (Å²) >= 11 is 12.3. The number of nitrogens with zero attached hydrogens (tertiary/aromatic N) is 2. The summed E-state index contributed by atoms with van der Waals surface area (Å²) in [6.07, 6.45) is 4.04. The number of fused-ring (bicyclic) bond motifs is 1. The lowest BCUT2D eigenvalue weighted by atomic mass is 10.1. The van der Waals surface area contributed by atoms with E-state index in [9.17, 15) is 4.79 Å². The minimum absolute atomic E-state index is 0.00404. The van der Waals surface area contributed by atoms with Gasteiger partial charge in [-0.1, -0.05) is 53.9 Å². The minimum atomic E-state index is -0.00404. The summed E-state index contributed by atoms with van der Waals surface area (Å²) in [5, 5.41) is 4.12. The highest BCUT2D eigenvalue weighted by molar-refractivity contribution is 6.42. The highest BCUT2D eigenvalue weighted by atomic mass is 35.5. The second kappa shape index (κ2) is 12.8. The number of carbonyl (C=O) groups is 1. The molecule has 0 aliphatic heterocycles. The van der Waals surface area contributed by atoms with Crippen molar-refractivity contribution in [1.29, 1.82) is 0 Å². The predicted octanol–water partition coefficient (Wildman–Crippen LogP) is 6.48. The minimum Gasteiger partial charge on any atom is -0.493 e. The van der Waals surface area contributed by atoms with Crippen LogP contribution in [0.5, 0.6) is 11.5 Å². The van der Waals surface area contributed by atoms with E-state index in [4.69, 9.17) is 37.7 Å². The van der Waals surface area contributed by atoms with E-state index in [2.05, 4.69) is 16.0 Å². The maximum absolute atomic E-state index is 12.4. The third kappa shape index (κ3) is 6.96. The second-order valence-corrected chi connectivity index (χ2v) is 9.69. The molecule has 4 rings (SSSR count). The number of methoxy groups -OCH3 is 2. The first-order valence-corrected chi connectivity index (χ1v) is 13.1. The maximum Gasteiger partial charge on any atom is 0.224 e. The highest BCUT2D eigenvalue weighted by Crippen LogP contribution is 2.28. The number of unbranched alkanes of at least 4 members (excludes halogenated alkanes) is 2. The number of nitrogens with one attached hydrogen (secondary N) is 1. The number of halogens is 2. The van der Waals surface area contributed by atoms with E-state index in [1.807, 2.05) is 54.6 Å². The van der Waals surface area contributed by atoms with Crippen molar-refractivity contribution < 1.29 is 14.3 Å². The Morgan fingerprint density at radius 1 is 0.892 bits per heavy atom. The first-order chi connectivity index (χ1) is 18.0. The van der Waals surface area contributed by atoms with E-state index in [1.165, 1.54) is 0 Å².